The minimum Gasteiger partial charge on any atom is -0.492 e. The van der Waals surface area contributed by atoms with Crippen LogP contribution >= 0.6 is 0 Å². The fourth-order valence-electron chi connectivity index (χ4n) is 1.56. The van der Waals surface area contributed by atoms with Crippen LogP contribution in [0.4, 0.5) is 18.9 Å². The second-order valence-electron chi connectivity index (χ2n) is 4.27. The molecule has 5 nitrogen and oxygen atoms in total. The van der Waals surface area contributed by atoms with E-state index in [4.69, 9.17) is 10.5 Å². The molecule has 0 aliphatic heterocycles. The Labute approximate surface area is 121 Å². The molecule has 1 aromatic carbocycles. The maximum absolute atomic E-state index is 12.3. The molecule has 0 fully saturated rings. The van der Waals surface area contributed by atoms with E-state index in [2.05, 4.69) is 0 Å². The van der Waals surface area contributed by atoms with E-state index in [0.29, 0.717) is 15.7 Å². The van der Waals surface area contributed by atoms with Crippen LogP contribution < -0.4 is 10.5 Å². The van der Waals surface area contributed by atoms with E-state index in [1.807, 2.05) is 0 Å². The van der Waals surface area contributed by atoms with E-state index < -0.39 is 28.5 Å². The second-order valence-corrected chi connectivity index (χ2v) is 6.36. The summed E-state index contributed by atoms with van der Waals surface area (Å²) in [5.41, 5.74) is 6.00. The molecule has 0 amide bonds. The first-order valence-corrected chi connectivity index (χ1v) is 7.78. The van der Waals surface area contributed by atoms with Crippen LogP contribution in [-0.4, -0.2) is 44.3 Å². The smallest absolute Gasteiger partial charge is 0.402 e. The zero-order valence-electron chi connectivity index (χ0n) is 11.4. The third-order valence-electron chi connectivity index (χ3n) is 2.59. The minimum atomic E-state index is -4.57. The normalized spacial score (nSPS) is 12.6. The summed E-state index contributed by atoms with van der Waals surface area (Å²) in [6.45, 7) is -0.623. The van der Waals surface area contributed by atoms with Gasteiger partial charge in [0.15, 0.2) is 0 Å². The first kappa shape index (κ1) is 17.6. The number of alkyl halides is 3. The lowest BCUT2D eigenvalue weighted by Crippen LogP contribution is -2.40. The van der Waals surface area contributed by atoms with E-state index in [-0.39, 0.29) is 13.2 Å². The van der Waals surface area contributed by atoms with E-state index in [1.54, 1.807) is 24.3 Å². The van der Waals surface area contributed by atoms with Gasteiger partial charge in [-0.25, -0.2) is 8.42 Å². The van der Waals surface area contributed by atoms with Gasteiger partial charge in [0, 0.05) is 12.2 Å². The van der Waals surface area contributed by atoms with Crippen molar-refractivity contribution in [3.05, 3.63) is 24.3 Å². The molecular formula is C12H17F3N2O3S. The van der Waals surface area contributed by atoms with Crippen molar-refractivity contribution in [1.29, 1.82) is 0 Å². The van der Waals surface area contributed by atoms with Gasteiger partial charge in [-0.3, -0.25) is 0 Å². The Morgan fingerprint density at radius 3 is 2.29 bits per heavy atom. The Hall–Kier alpha value is -1.48. The SMILES string of the molecule is CCN(CC(F)(F)F)S(=O)(=O)CCOc1ccc(N)cc1. The van der Waals surface area contributed by atoms with Crippen LogP contribution in [0, 0.1) is 0 Å². The molecule has 0 unspecified atom stereocenters. The predicted molar refractivity (Wildman–Crippen MR) is 73.4 cm³/mol. The lowest BCUT2D eigenvalue weighted by Gasteiger charge is -2.21. The fraction of sp³-hybridized carbons (Fsp3) is 0.500. The summed E-state index contributed by atoms with van der Waals surface area (Å²) < 4.78 is 66.1. The molecule has 0 heterocycles. The van der Waals surface area contributed by atoms with Crippen molar-refractivity contribution < 1.29 is 26.3 Å². The van der Waals surface area contributed by atoms with Crippen molar-refractivity contribution in [1.82, 2.24) is 4.31 Å². The number of ether oxygens (including phenoxy) is 1. The van der Waals surface area contributed by atoms with Gasteiger partial charge in [0.2, 0.25) is 10.0 Å². The predicted octanol–water partition coefficient (Wildman–Crippen LogP) is 1.86. The zero-order valence-corrected chi connectivity index (χ0v) is 12.2. The molecule has 120 valence electrons. The average molecular weight is 326 g/mol. The molecule has 0 atom stereocenters. The van der Waals surface area contributed by atoms with Crippen molar-refractivity contribution >= 4 is 15.7 Å². The molecular weight excluding hydrogens is 309 g/mol. The Morgan fingerprint density at radius 1 is 1.24 bits per heavy atom. The van der Waals surface area contributed by atoms with Crippen molar-refractivity contribution in [2.75, 3.05) is 31.2 Å². The maximum atomic E-state index is 12.3. The number of benzene rings is 1. The van der Waals surface area contributed by atoms with E-state index in [1.165, 1.54) is 6.92 Å². The van der Waals surface area contributed by atoms with Gasteiger partial charge in [0.1, 0.15) is 18.9 Å². The molecule has 0 aliphatic rings. The molecule has 21 heavy (non-hydrogen) atoms. The van der Waals surface area contributed by atoms with E-state index in [0.717, 1.165) is 0 Å². The Bertz CT molecular complexity index is 544. The number of nitrogens with zero attached hydrogens (tertiary/aromatic N) is 1. The van der Waals surface area contributed by atoms with Crippen molar-refractivity contribution in [3.63, 3.8) is 0 Å². The first-order valence-electron chi connectivity index (χ1n) is 6.17. The van der Waals surface area contributed by atoms with Crippen LogP contribution in [0.15, 0.2) is 24.3 Å². The third kappa shape index (κ3) is 6.21. The number of hydrogen-bond acceptors (Lipinski definition) is 4. The Kier molecular flexibility index (Phi) is 5.85. The van der Waals surface area contributed by atoms with Crippen LogP contribution in [0.1, 0.15) is 6.92 Å². The first-order chi connectivity index (χ1) is 9.64. The molecule has 2 N–H and O–H groups in total. The van der Waals surface area contributed by atoms with Gasteiger partial charge in [-0.05, 0) is 24.3 Å². The molecule has 0 saturated heterocycles. The van der Waals surface area contributed by atoms with Crippen molar-refractivity contribution in [3.8, 4) is 5.75 Å². The van der Waals surface area contributed by atoms with Gasteiger partial charge >= 0.3 is 6.18 Å². The lowest BCUT2D eigenvalue weighted by atomic mass is 10.3. The maximum Gasteiger partial charge on any atom is 0.402 e. The Morgan fingerprint density at radius 2 is 1.81 bits per heavy atom. The summed E-state index contributed by atoms with van der Waals surface area (Å²) in [4.78, 5) is 0. The van der Waals surface area contributed by atoms with Gasteiger partial charge in [0.25, 0.3) is 0 Å². The highest BCUT2D eigenvalue weighted by molar-refractivity contribution is 7.89. The largest absolute Gasteiger partial charge is 0.492 e. The summed E-state index contributed by atoms with van der Waals surface area (Å²) >= 11 is 0. The standard InChI is InChI=1S/C12H17F3N2O3S/c1-2-17(9-12(13,14)15)21(18,19)8-7-20-11-5-3-10(16)4-6-11/h3-6H,2,7-9,16H2,1H3. The fourth-order valence-corrected chi connectivity index (χ4v) is 2.85. The highest BCUT2D eigenvalue weighted by Crippen LogP contribution is 2.19. The van der Waals surface area contributed by atoms with Crippen LogP contribution in [0.3, 0.4) is 0 Å². The second kappa shape index (κ2) is 6.99. The van der Waals surface area contributed by atoms with E-state index in [9.17, 15) is 21.6 Å². The summed E-state index contributed by atoms with van der Waals surface area (Å²) in [6, 6.07) is 6.25. The van der Waals surface area contributed by atoms with Gasteiger partial charge in [0.05, 0.1) is 5.75 Å². The molecule has 0 radical (unpaired) electrons. The highest BCUT2D eigenvalue weighted by Gasteiger charge is 2.35. The van der Waals surface area contributed by atoms with E-state index >= 15 is 0 Å². The summed E-state index contributed by atoms with van der Waals surface area (Å²) in [6.07, 6.45) is -4.57. The summed E-state index contributed by atoms with van der Waals surface area (Å²) in [5, 5.41) is 0. The molecule has 9 heteroatoms. The van der Waals surface area contributed by atoms with Crippen LogP contribution in [0.2, 0.25) is 0 Å². The third-order valence-corrected chi connectivity index (χ3v) is 4.45. The number of nitrogens with two attached hydrogens (primary N) is 1. The molecule has 1 rings (SSSR count). The van der Waals surface area contributed by atoms with Crippen molar-refractivity contribution in [2.45, 2.75) is 13.1 Å². The molecule has 0 aromatic heterocycles. The van der Waals surface area contributed by atoms with Gasteiger partial charge in [-0.15, -0.1) is 0 Å². The van der Waals surface area contributed by atoms with Crippen molar-refractivity contribution in [2.24, 2.45) is 0 Å². The summed E-state index contributed by atoms with van der Waals surface area (Å²) in [7, 11) is -4.02. The zero-order chi connectivity index (χ0) is 16.1. The molecule has 0 saturated carbocycles. The van der Waals surface area contributed by atoms with Gasteiger partial charge in [-0.2, -0.15) is 17.5 Å². The molecule has 0 bridgehead atoms. The van der Waals surface area contributed by atoms with Gasteiger partial charge < -0.3 is 10.5 Å². The van der Waals surface area contributed by atoms with Crippen LogP contribution in [0.5, 0.6) is 5.75 Å². The molecule has 1 aromatic rings. The quantitative estimate of drug-likeness (QED) is 0.776. The van der Waals surface area contributed by atoms with Gasteiger partial charge in [-0.1, -0.05) is 6.92 Å². The lowest BCUT2D eigenvalue weighted by molar-refractivity contribution is -0.135. The van der Waals surface area contributed by atoms with Crippen LogP contribution in [0.25, 0.3) is 0 Å². The Balaban J connectivity index is 2.57. The summed E-state index contributed by atoms with van der Waals surface area (Å²) in [5.74, 6) is -0.125. The topological polar surface area (TPSA) is 72.6 Å². The highest BCUT2D eigenvalue weighted by atomic mass is 32.2. The number of sulfonamides is 1. The monoisotopic (exact) mass is 326 g/mol. The minimum absolute atomic E-state index is 0.236. The number of hydrogen-bond donors (Lipinski definition) is 1. The number of nitrogen functional groups attached to an aromatic ring is 1. The molecule has 0 aliphatic carbocycles. The number of rotatable bonds is 7. The van der Waals surface area contributed by atoms with Crippen LogP contribution in [-0.2, 0) is 10.0 Å². The number of anilines is 1. The average Bonchev–Trinajstić information content (AvgIpc) is 2.37. The molecule has 0 spiro atoms. The number of halogens is 3.